The molecule has 2 nitrogen and oxygen atoms in total. The van der Waals surface area contributed by atoms with Crippen molar-refractivity contribution < 1.29 is 0 Å². The molecule has 208 valence electrons. The van der Waals surface area contributed by atoms with Gasteiger partial charge in [-0.15, -0.1) is 0 Å². The van der Waals surface area contributed by atoms with Crippen molar-refractivity contribution in [2.24, 2.45) is 0 Å². The lowest BCUT2D eigenvalue weighted by molar-refractivity contribution is 0.985. The Morgan fingerprint density at radius 2 is 0.907 bits per heavy atom. The van der Waals surface area contributed by atoms with Crippen molar-refractivity contribution >= 4 is 34.5 Å². The molecule has 0 amide bonds. The lowest BCUT2D eigenvalue weighted by atomic mass is 9.96. The van der Waals surface area contributed by atoms with Crippen molar-refractivity contribution in [2.75, 3.05) is 16.8 Å². The molecule has 7 rings (SSSR count). The van der Waals surface area contributed by atoms with Gasteiger partial charge in [-0.25, -0.2) is 0 Å². The van der Waals surface area contributed by atoms with Gasteiger partial charge in [-0.3, -0.25) is 0 Å². The van der Waals surface area contributed by atoms with Crippen molar-refractivity contribution in [2.45, 2.75) is 12.8 Å². The molecule has 0 saturated carbocycles. The van der Waals surface area contributed by atoms with Crippen LogP contribution in [0.2, 0.25) is 0 Å². The average Bonchev–Trinajstić information content (AvgIpc) is 3.09. The Bertz CT molecular complexity index is 1840. The fraction of sp³-hybridized carbons (Fsp3) is 0.0732. The number of anilines is 5. The standard InChI is InChI=1S/C41H34N2/c1-42(37-23-16-33(17-24-37)31-10-4-2-5-11-31)38-25-18-34(19-26-38)35-20-27-40(28-21-35)43(39-14-6-3-7-15-39)41-29-22-32-12-8-9-13-36(32)30-41/h2-7,9-11,13-30H,8,12H2,1H3. The number of para-hydroxylation sites is 1. The van der Waals surface area contributed by atoms with Gasteiger partial charge >= 0.3 is 0 Å². The molecule has 1 aliphatic carbocycles. The van der Waals surface area contributed by atoms with E-state index < -0.39 is 0 Å². The summed E-state index contributed by atoms with van der Waals surface area (Å²) in [4.78, 5) is 4.57. The molecular weight excluding hydrogens is 520 g/mol. The number of nitrogens with zero attached hydrogens (tertiary/aromatic N) is 2. The SMILES string of the molecule is CN(c1ccc(-c2ccccc2)cc1)c1ccc(-c2ccc(N(c3ccccc3)c3ccc4c(c3)C=CCC4)cc2)cc1. The van der Waals surface area contributed by atoms with Crippen LogP contribution in [0.25, 0.3) is 28.3 Å². The minimum atomic E-state index is 1.11. The molecule has 0 saturated heterocycles. The normalized spacial score (nSPS) is 12.0. The first-order chi connectivity index (χ1) is 21.2. The van der Waals surface area contributed by atoms with E-state index in [9.17, 15) is 0 Å². The summed E-state index contributed by atoms with van der Waals surface area (Å²) >= 11 is 0. The molecule has 43 heavy (non-hydrogen) atoms. The molecule has 0 aliphatic heterocycles. The fourth-order valence-electron chi connectivity index (χ4n) is 5.92. The molecule has 0 bridgehead atoms. The van der Waals surface area contributed by atoms with Gasteiger partial charge in [-0.1, -0.05) is 103 Å². The Balaban J connectivity index is 1.12. The first-order valence-electron chi connectivity index (χ1n) is 15.0. The van der Waals surface area contributed by atoms with Crippen molar-refractivity contribution in [3.8, 4) is 22.3 Å². The van der Waals surface area contributed by atoms with Gasteiger partial charge in [0.1, 0.15) is 0 Å². The predicted octanol–water partition coefficient (Wildman–Crippen LogP) is 11.2. The van der Waals surface area contributed by atoms with Crippen molar-refractivity contribution in [3.63, 3.8) is 0 Å². The Morgan fingerprint density at radius 3 is 1.49 bits per heavy atom. The van der Waals surface area contributed by atoms with Crippen LogP contribution < -0.4 is 9.80 Å². The van der Waals surface area contributed by atoms with Crippen LogP contribution in [0.1, 0.15) is 17.5 Å². The number of hydrogen-bond acceptors (Lipinski definition) is 2. The summed E-state index contributed by atoms with van der Waals surface area (Å²) in [5, 5.41) is 0. The van der Waals surface area contributed by atoms with Crippen LogP contribution >= 0.6 is 0 Å². The first kappa shape index (κ1) is 26.6. The third kappa shape index (κ3) is 5.60. The Morgan fingerprint density at radius 1 is 0.442 bits per heavy atom. The van der Waals surface area contributed by atoms with Crippen LogP contribution in [0.5, 0.6) is 0 Å². The van der Waals surface area contributed by atoms with Crippen LogP contribution in [-0.2, 0) is 6.42 Å². The van der Waals surface area contributed by atoms with E-state index in [0.29, 0.717) is 0 Å². The van der Waals surface area contributed by atoms with Gasteiger partial charge in [0.25, 0.3) is 0 Å². The molecule has 0 unspecified atom stereocenters. The number of rotatable bonds is 7. The molecule has 0 N–H and O–H groups in total. The van der Waals surface area contributed by atoms with Crippen LogP contribution in [0.15, 0.2) is 158 Å². The van der Waals surface area contributed by atoms with Gasteiger partial charge in [-0.2, -0.15) is 0 Å². The predicted molar refractivity (Wildman–Crippen MR) is 184 cm³/mol. The summed E-state index contributed by atoms with van der Waals surface area (Å²) < 4.78 is 0. The van der Waals surface area contributed by atoms with Crippen LogP contribution in [0.4, 0.5) is 28.4 Å². The Hall–Kier alpha value is -5.34. The molecule has 0 atom stereocenters. The Kier molecular flexibility index (Phi) is 7.33. The lowest BCUT2D eigenvalue weighted by Gasteiger charge is -2.27. The van der Waals surface area contributed by atoms with Crippen molar-refractivity contribution in [3.05, 3.63) is 169 Å². The second kappa shape index (κ2) is 11.9. The number of benzene rings is 6. The van der Waals surface area contributed by atoms with Crippen LogP contribution in [-0.4, -0.2) is 7.05 Å². The van der Waals surface area contributed by atoms with E-state index in [1.54, 1.807) is 0 Å². The lowest BCUT2D eigenvalue weighted by Crippen LogP contribution is -2.10. The van der Waals surface area contributed by atoms with E-state index in [2.05, 4.69) is 181 Å². The first-order valence-corrected chi connectivity index (χ1v) is 15.0. The molecular formula is C41H34N2. The van der Waals surface area contributed by atoms with Gasteiger partial charge < -0.3 is 9.80 Å². The van der Waals surface area contributed by atoms with E-state index in [4.69, 9.17) is 0 Å². The molecule has 6 aromatic carbocycles. The van der Waals surface area contributed by atoms with Gasteiger partial charge in [-0.05, 0) is 107 Å². The minimum absolute atomic E-state index is 1.11. The average molecular weight is 555 g/mol. The summed E-state index contributed by atoms with van der Waals surface area (Å²) in [7, 11) is 2.12. The van der Waals surface area contributed by atoms with E-state index in [-0.39, 0.29) is 0 Å². The van der Waals surface area contributed by atoms with E-state index in [1.807, 2.05) is 0 Å². The third-order valence-corrected chi connectivity index (χ3v) is 8.35. The van der Waals surface area contributed by atoms with Crippen molar-refractivity contribution in [1.29, 1.82) is 0 Å². The summed E-state index contributed by atoms with van der Waals surface area (Å²) in [6, 6.07) is 54.5. The van der Waals surface area contributed by atoms with Gasteiger partial charge in [0, 0.05) is 35.5 Å². The minimum Gasteiger partial charge on any atom is -0.345 e. The largest absolute Gasteiger partial charge is 0.345 e. The van der Waals surface area contributed by atoms with E-state index in [1.165, 1.54) is 39.1 Å². The number of hydrogen-bond donors (Lipinski definition) is 0. The highest BCUT2D eigenvalue weighted by atomic mass is 15.1. The van der Waals surface area contributed by atoms with Gasteiger partial charge in [0.15, 0.2) is 0 Å². The molecule has 1 aliphatic rings. The third-order valence-electron chi connectivity index (χ3n) is 8.35. The second-order valence-corrected chi connectivity index (χ2v) is 11.1. The maximum absolute atomic E-state index is 2.34. The Labute approximate surface area is 254 Å². The molecule has 0 heterocycles. The highest BCUT2D eigenvalue weighted by molar-refractivity contribution is 5.80. The maximum atomic E-state index is 2.34. The summed E-state index contributed by atoms with van der Waals surface area (Å²) in [5.74, 6) is 0. The summed E-state index contributed by atoms with van der Waals surface area (Å²) in [6.45, 7) is 0. The van der Waals surface area contributed by atoms with Gasteiger partial charge in [0.05, 0.1) is 0 Å². The quantitative estimate of drug-likeness (QED) is 0.194. The smallest absolute Gasteiger partial charge is 0.0467 e. The number of aryl methyl sites for hydroxylation is 1. The zero-order chi connectivity index (χ0) is 29.0. The van der Waals surface area contributed by atoms with E-state index >= 15 is 0 Å². The van der Waals surface area contributed by atoms with Gasteiger partial charge in [0.2, 0.25) is 0 Å². The second-order valence-electron chi connectivity index (χ2n) is 11.1. The van der Waals surface area contributed by atoms with Crippen molar-refractivity contribution in [1.82, 2.24) is 0 Å². The molecule has 0 fully saturated rings. The molecule has 2 heteroatoms. The number of fused-ring (bicyclic) bond motifs is 1. The fourth-order valence-corrected chi connectivity index (χ4v) is 5.92. The number of allylic oxidation sites excluding steroid dienone is 1. The highest BCUT2D eigenvalue weighted by Gasteiger charge is 2.15. The summed E-state index contributed by atoms with van der Waals surface area (Å²) in [5.41, 5.74) is 13.4. The maximum Gasteiger partial charge on any atom is 0.0467 e. The monoisotopic (exact) mass is 554 g/mol. The molecule has 6 aromatic rings. The van der Waals surface area contributed by atoms with E-state index in [0.717, 1.165) is 35.6 Å². The molecule has 0 spiro atoms. The molecule has 0 radical (unpaired) electrons. The summed E-state index contributed by atoms with van der Waals surface area (Å²) in [6.07, 6.45) is 6.77. The zero-order valence-electron chi connectivity index (χ0n) is 24.4. The highest BCUT2D eigenvalue weighted by Crippen LogP contribution is 2.37. The molecule has 0 aromatic heterocycles. The van der Waals surface area contributed by atoms with Crippen LogP contribution in [0.3, 0.4) is 0 Å². The zero-order valence-corrected chi connectivity index (χ0v) is 24.4. The topological polar surface area (TPSA) is 6.48 Å². The van der Waals surface area contributed by atoms with Crippen LogP contribution in [0, 0.1) is 0 Å².